The predicted octanol–water partition coefficient (Wildman–Crippen LogP) is 2.45. The number of rotatable bonds is 6. The van der Waals surface area contributed by atoms with Crippen molar-refractivity contribution in [2.24, 2.45) is 12.5 Å². The quantitative estimate of drug-likeness (QED) is 0.769. The van der Waals surface area contributed by atoms with Crippen molar-refractivity contribution < 1.29 is 0 Å². The molecule has 0 spiro atoms. The molecule has 0 aliphatic carbocycles. The van der Waals surface area contributed by atoms with Crippen molar-refractivity contribution in [3.63, 3.8) is 0 Å². The van der Waals surface area contributed by atoms with Crippen LogP contribution in [0.4, 0.5) is 0 Å². The summed E-state index contributed by atoms with van der Waals surface area (Å²) in [6.07, 6.45) is 0.785. The molecule has 0 fully saturated rings. The fraction of sp³-hybridized carbons (Fsp3) is 0.733. The van der Waals surface area contributed by atoms with Crippen LogP contribution in [-0.4, -0.2) is 50.8 Å². The lowest BCUT2D eigenvalue weighted by atomic mass is 9.92. The number of alkyl halides is 1. The maximum Gasteiger partial charge on any atom is 0.158 e. The SMILES string of the molecule is Cc1nn(C)c2c1nc(CCCl)n2CC(C)(C)CN(C)C. The highest BCUT2D eigenvalue weighted by Crippen LogP contribution is 2.26. The maximum atomic E-state index is 5.95. The van der Waals surface area contributed by atoms with E-state index in [1.165, 1.54) is 0 Å². The third-order valence-electron chi connectivity index (χ3n) is 3.62. The lowest BCUT2D eigenvalue weighted by molar-refractivity contribution is 0.211. The van der Waals surface area contributed by atoms with Crippen LogP contribution in [0.25, 0.3) is 11.2 Å². The van der Waals surface area contributed by atoms with Gasteiger partial charge in [-0.15, -0.1) is 11.6 Å². The topological polar surface area (TPSA) is 38.9 Å². The Morgan fingerprint density at radius 1 is 1.29 bits per heavy atom. The lowest BCUT2D eigenvalue weighted by Crippen LogP contribution is -2.33. The van der Waals surface area contributed by atoms with E-state index in [1.807, 2.05) is 18.7 Å². The molecule has 0 amide bonds. The zero-order valence-electron chi connectivity index (χ0n) is 13.9. The average molecular weight is 312 g/mol. The molecule has 2 heterocycles. The van der Waals surface area contributed by atoms with E-state index in [1.54, 1.807) is 0 Å². The van der Waals surface area contributed by atoms with Gasteiger partial charge < -0.3 is 9.47 Å². The van der Waals surface area contributed by atoms with E-state index in [4.69, 9.17) is 16.6 Å². The normalized spacial score (nSPS) is 12.8. The molecule has 0 radical (unpaired) electrons. The summed E-state index contributed by atoms with van der Waals surface area (Å²) in [5, 5.41) is 4.49. The second kappa shape index (κ2) is 5.97. The largest absolute Gasteiger partial charge is 0.312 e. The van der Waals surface area contributed by atoms with E-state index in [-0.39, 0.29) is 5.41 Å². The zero-order valence-corrected chi connectivity index (χ0v) is 14.7. The monoisotopic (exact) mass is 311 g/mol. The summed E-state index contributed by atoms with van der Waals surface area (Å²) in [7, 11) is 6.20. The number of aromatic nitrogens is 4. The smallest absolute Gasteiger partial charge is 0.158 e. The number of halogens is 1. The number of hydrogen-bond donors (Lipinski definition) is 0. The third kappa shape index (κ3) is 3.40. The van der Waals surface area contributed by atoms with Gasteiger partial charge in [-0.25, -0.2) is 4.98 Å². The molecule has 0 saturated heterocycles. The van der Waals surface area contributed by atoms with Gasteiger partial charge in [-0.1, -0.05) is 13.8 Å². The first-order valence-electron chi connectivity index (χ1n) is 7.34. The molecule has 0 aliphatic rings. The highest BCUT2D eigenvalue weighted by Gasteiger charge is 2.25. The molecule has 2 aromatic heterocycles. The van der Waals surface area contributed by atoms with Gasteiger partial charge in [0.2, 0.25) is 0 Å². The van der Waals surface area contributed by atoms with Crippen molar-refractivity contribution in [3.8, 4) is 0 Å². The Hall–Kier alpha value is -1.07. The van der Waals surface area contributed by atoms with Crippen LogP contribution in [0.15, 0.2) is 0 Å². The Bertz CT molecular complexity index is 624. The first-order chi connectivity index (χ1) is 9.75. The average Bonchev–Trinajstić information content (AvgIpc) is 2.78. The molecule has 6 heteroatoms. The highest BCUT2D eigenvalue weighted by atomic mass is 35.5. The van der Waals surface area contributed by atoms with Gasteiger partial charge in [0.15, 0.2) is 5.65 Å². The zero-order chi connectivity index (χ0) is 15.8. The van der Waals surface area contributed by atoms with Crippen LogP contribution < -0.4 is 0 Å². The Morgan fingerprint density at radius 3 is 2.52 bits per heavy atom. The summed E-state index contributed by atoms with van der Waals surface area (Å²) in [6.45, 7) is 8.50. The van der Waals surface area contributed by atoms with Crippen molar-refractivity contribution in [1.82, 2.24) is 24.2 Å². The van der Waals surface area contributed by atoms with Gasteiger partial charge in [0.05, 0.1) is 5.69 Å². The Morgan fingerprint density at radius 2 is 1.95 bits per heavy atom. The van der Waals surface area contributed by atoms with Gasteiger partial charge in [-0.2, -0.15) is 5.10 Å². The van der Waals surface area contributed by atoms with Gasteiger partial charge in [0, 0.05) is 32.4 Å². The molecule has 2 aromatic rings. The van der Waals surface area contributed by atoms with Crippen molar-refractivity contribution >= 4 is 22.8 Å². The van der Waals surface area contributed by atoms with E-state index in [9.17, 15) is 0 Å². The van der Waals surface area contributed by atoms with Crippen molar-refractivity contribution in [2.45, 2.75) is 33.7 Å². The molecule has 5 nitrogen and oxygen atoms in total. The summed E-state index contributed by atoms with van der Waals surface area (Å²) in [4.78, 5) is 6.99. The number of hydrogen-bond acceptors (Lipinski definition) is 3. The standard InChI is InChI=1S/C15H26ClN5/c1-11-13-14(20(6)18-11)21(12(17-13)7-8-16)10-15(2,3)9-19(4)5/h7-10H2,1-6H3. The minimum absolute atomic E-state index is 0.149. The molecule has 0 unspecified atom stereocenters. The molecule has 0 N–H and O–H groups in total. The Kier molecular flexibility index (Phi) is 4.63. The van der Waals surface area contributed by atoms with Gasteiger partial charge in [0.1, 0.15) is 11.3 Å². The summed E-state index contributed by atoms with van der Waals surface area (Å²) < 4.78 is 4.22. The molecule has 0 aliphatic heterocycles. The fourth-order valence-electron chi connectivity index (χ4n) is 3.16. The molecule has 21 heavy (non-hydrogen) atoms. The second-order valence-electron chi connectivity index (χ2n) is 6.84. The molecular weight excluding hydrogens is 286 g/mol. The van der Waals surface area contributed by atoms with E-state index in [0.29, 0.717) is 5.88 Å². The van der Waals surface area contributed by atoms with Gasteiger partial charge in [0.25, 0.3) is 0 Å². The summed E-state index contributed by atoms with van der Waals surface area (Å²) in [5.74, 6) is 1.65. The Labute approximate surface area is 131 Å². The molecule has 0 saturated carbocycles. The van der Waals surface area contributed by atoms with E-state index < -0.39 is 0 Å². The number of fused-ring (bicyclic) bond motifs is 1. The van der Waals surface area contributed by atoms with Crippen LogP contribution in [-0.2, 0) is 20.0 Å². The van der Waals surface area contributed by atoms with Crippen LogP contribution in [0.1, 0.15) is 25.4 Å². The Balaban J connectivity index is 2.47. The van der Waals surface area contributed by atoms with Crippen molar-refractivity contribution in [1.29, 1.82) is 0 Å². The molecule has 0 bridgehead atoms. The number of nitrogens with zero attached hydrogens (tertiary/aromatic N) is 5. The minimum atomic E-state index is 0.149. The molecule has 118 valence electrons. The van der Waals surface area contributed by atoms with Crippen molar-refractivity contribution in [2.75, 3.05) is 26.5 Å². The van der Waals surface area contributed by atoms with Gasteiger partial charge >= 0.3 is 0 Å². The van der Waals surface area contributed by atoms with Crippen LogP contribution in [0.3, 0.4) is 0 Å². The predicted molar refractivity (Wildman–Crippen MR) is 88.0 cm³/mol. The highest BCUT2D eigenvalue weighted by molar-refractivity contribution is 6.17. The van der Waals surface area contributed by atoms with Crippen LogP contribution >= 0.6 is 11.6 Å². The maximum absolute atomic E-state index is 5.95. The first-order valence-corrected chi connectivity index (χ1v) is 7.88. The summed E-state index contributed by atoms with van der Waals surface area (Å²) in [6, 6.07) is 0. The van der Waals surface area contributed by atoms with E-state index in [0.717, 1.165) is 42.2 Å². The second-order valence-corrected chi connectivity index (χ2v) is 7.21. The van der Waals surface area contributed by atoms with Crippen LogP contribution in [0.2, 0.25) is 0 Å². The molecular formula is C15H26ClN5. The van der Waals surface area contributed by atoms with Crippen LogP contribution in [0.5, 0.6) is 0 Å². The van der Waals surface area contributed by atoms with Crippen LogP contribution in [0, 0.1) is 12.3 Å². The number of imidazole rings is 1. The molecule has 0 atom stereocenters. The summed E-state index contributed by atoms with van der Waals surface area (Å²) >= 11 is 5.95. The van der Waals surface area contributed by atoms with Gasteiger partial charge in [-0.05, 0) is 26.4 Å². The van der Waals surface area contributed by atoms with Gasteiger partial charge in [-0.3, -0.25) is 4.68 Å². The third-order valence-corrected chi connectivity index (χ3v) is 3.81. The molecule has 0 aromatic carbocycles. The first kappa shape index (κ1) is 16.3. The number of aryl methyl sites for hydroxylation is 3. The fourth-order valence-corrected chi connectivity index (χ4v) is 3.32. The van der Waals surface area contributed by atoms with E-state index in [2.05, 4.69) is 42.5 Å². The summed E-state index contributed by atoms with van der Waals surface area (Å²) in [5.41, 5.74) is 3.22. The lowest BCUT2D eigenvalue weighted by Gasteiger charge is -2.29. The molecule has 2 rings (SSSR count). The van der Waals surface area contributed by atoms with Crippen molar-refractivity contribution in [3.05, 3.63) is 11.5 Å². The minimum Gasteiger partial charge on any atom is -0.312 e. The van der Waals surface area contributed by atoms with E-state index >= 15 is 0 Å².